The number of halogens is 1. The lowest BCUT2D eigenvalue weighted by Gasteiger charge is -2.26. The Kier molecular flexibility index (Phi) is 7.83. The number of hydrogen-bond acceptors (Lipinski definition) is 5. The largest absolute Gasteiger partial charge is 0.507 e. The van der Waals surface area contributed by atoms with Crippen molar-refractivity contribution in [3.8, 4) is 11.5 Å². The summed E-state index contributed by atoms with van der Waals surface area (Å²) in [4.78, 5) is 28.2. The van der Waals surface area contributed by atoms with Crippen LogP contribution < -0.4 is 9.47 Å². The molecular formula is C31H32ClNO5. The molecule has 1 saturated heterocycles. The number of ether oxygens (including phenoxy) is 2. The number of aliphatic hydroxyl groups is 1. The van der Waals surface area contributed by atoms with E-state index in [2.05, 4.69) is 20.8 Å². The van der Waals surface area contributed by atoms with E-state index in [4.69, 9.17) is 21.1 Å². The van der Waals surface area contributed by atoms with Gasteiger partial charge in [0, 0.05) is 12.1 Å². The minimum atomic E-state index is -0.747. The van der Waals surface area contributed by atoms with E-state index in [1.165, 1.54) is 18.1 Å². The molecule has 3 aromatic carbocycles. The second-order valence-corrected chi connectivity index (χ2v) is 10.7. The second-order valence-electron chi connectivity index (χ2n) is 10.3. The molecule has 0 spiro atoms. The summed E-state index contributed by atoms with van der Waals surface area (Å²) in [5.74, 6) is -0.466. The number of hydrogen-bond donors (Lipinski definition) is 1. The normalized spacial score (nSPS) is 17.1. The Labute approximate surface area is 228 Å². The van der Waals surface area contributed by atoms with Gasteiger partial charge in [-0.25, -0.2) is 0 Å². The molecule has 1 heterocycles. The SMILES string of the molecule is COc1ccc(CCN2C(=O)C(=O)/C(=C(\O)c3ccc(OC)c(Cl)c3)C2c2ccc(C(C)(C)C)cc2)cc1. The summed E-state index contributed by atoms with van der Waals surface area (Å²) >= 11 is 6.30. The molecule has 198 valence electrons. The van der Waals surface area contributed by atoms with Gasteiger partial charge in [0.25, 0.3) is 11.7 Å². The van der Waals surface area contributed by atoms with E-state index >= 15 is 0 Å². The standard InChI is InChI=1S/C31H32ClNO5/c1-31(2,3)22-11-8-20(9-12-22)27-26(28(34)21-10-15-25(38-5)24(32)18-21)29(35)30(36)33(27)17-16-19-6-13-23(37-4)14-7-19/h6-15,18,27,34H,16-17H2,1-5H3/b28-26-. The number of benzene rings is 3. The van der Waals surface area contributed by atoms with Crippen LogP contribution >= 0.6 is 11.6 Å². The molecule has 1 atom stereocenters. The molecule has 0 aliphatic carbocycles. The van der Waals surface area contributed by atoms with Crippen molar-refractivity contribution < 1.29 is 24.2 Å². The Morgan fingerprint density at radius 1 is 0.947 bits per heavy atom. The minimum Gasteiger partial charge on any atom is -0.507 e. The van der Waals surface area contributed by atoms with Gasteiger partial charge in [-0.2, -0.15) is 0 Å². The van der Waals surface area contributed by atoms with Crippen LogP contribution in [0.15, 0.2) is 72.3 Å². The predicted octanol–water partition coefficient (Wildman–Crippen LogP) is 6.32. The van der Waals surface area contributed by atoms with E-state index < -0.39 is 17.7 Å². The molecule has 0 aromatic heterocycles. The summed E-state index contributed by atoms with van der Waals surface area (Å²) in [6.45, 7) is 6.66. The molecule has 1 unspecified atom stereocenters. The quantitative estimate of drug-likeness (QED) is 0.218. The highest BCUT2D eigenvalue weighted by atomic mass is 35.5. The molecule has 0 saturated carbocycles. The molecule has 3 aromatic rings. The van der Waals surface area contributed by atoms with E-state index in [9.17, 15) is 14.7 Å². The molecule has 6 nitrogen and oxygen atoms in total. The summed E-state index contributed by atoms with van der Waals surface area (Å²) in [5, 5.41) is 11.6. The van der Waals surface area contributed by atoms with E-state index in [1.807, 2.05) is 48.5 Å². The average Bonchev–Trinajstić information content (AvgIpc) is 3.16. The van der Waals surface area contributed by atoms with Crippen molar-refractivity contribution >= 4 is 29.1 Å². The van der Waals surface area contributed by atoms with Crippen LogP contribution in [-0.4, -0.2) is 42.5 Å². The Bertz CT molecular complexity index is 1370. The fourth-order valence-corrected chi connectivity index (χ4v) is 4.89. The zero-order valence-corrected chi connectivity index (χ0v) is 23.0. The van der Waals surface area contributed by atoms with Crippen LogP contribution in [0.5, 0.6) is 11.5 Å². The predicted molar refractivity (Wildman–Crippen MR) is 149 cm³/mol. The second kappa shape index (κ2) is 10.9. The maximum absolute atomic E-state index is 13.4. The number of methoxy groups -OCH3 is 2. The number of amides is 1. The van der Waals surface area contributed by atoms with Gasteiger partial charge in [0.05, 0.1) is 30.9 Å². The molecule has 1 fully saturated rings. The van der Waals surface area contributed by atoms with Gasteiger partial charge >= 0.3 is 0 Å². The fourth-order valence-electron chi connectivity index (χ4n) is 4.63. The van der Waals surface area contributed by atoms with Gasteiger partial charge in [0.1, 0.15) is 17.3 Å². The first-order chi connectivity index (χ1) is 18.0. The highest BCUT2D eigenvalue weighted by Crippen LogP contribution is 2.41. The van der Waals surface area contributed by atoms with Crippen molar-refractivity contribution in [1.29, 1.82) is 0 Å². The summed E-state index contributed by atoms with van der Waals surface area (Å²) in [5.41, 5.74) is 3.17. The molecule has 4 rings (SSSR count). The molecule has 7 heteroatoms. The van der Waals surface area contributed by atoms with E-state index in [0.717, 1.165) is 22.4 Å². The monoisotopic (exact) mass is 533 g/mol. The number of ketones is 1. The lowest BCUT2D eigenvalue weighted by atomic mass is 9.85. The molecule has 1 aliphatic rings. The molecule has 38 heavy (non-hydrogen) atoms. The highest BCUT2D eigenvalue weighted by Gasteiger charge is 2.46. The van der Waals surface area contributed by atoms with Gasteiger partial charge in [-0.1, -0.05) is 68.8 Å². The highest BCUT2D eigenvalue weighted by molar-refractivity contribution is 6.46. The first-order valence-electron chi connectivity index (χ1n) is 12.4. The number of rotatable bonds is 7. The van der Waals surface area contributed by atoms with Crippen LogP contribution in [0.2, 0.25) is 5.02 Å². The third-order valence-corrected chi connectivity index (χ3v) is 7.15. The number of nitrogens with zero attached hydrogens (tertiary/aromatic N) is 1. The maximum atomic E-state index is 13.4. The van der Waals surface area contributed by atoms with Crippen molar-refractivity contribution in [1.82, 2.24) is 4.90 Å². The molecule has 1 N–H and O–H groups in total. The van der Waals surface area contributed by atoms with Crippen LogP contribution in [0, 0.1) is 0 Å². The van der Waals surface area contributed by atoms with Crippen LogP contribution in [-0.2, 0) is 21.4 Å². The molecule has 0 bridgehead atoms. The third-order valence-electron chi connectivity index (χ3n) is 6.86. The van der Waals surface area contributed by atoms with Gasteiger partial charge in [-0.05, 0) is 58.9 Å². The summed E-state index contributed by atoms with van der Waals surface area (Å²) in [7, 11) is 3.10. The first kappa shape index (κ1) is 27.3. The molecule has 1 amide bonds. The lowest BCUT2D eigenvalue weighted by Crippen LogP contribution is -2.31. The van der Waals surface area contributed by atoms with Crippen LogP contribution in [0.3, 0.4) is 0 Å². The zero-order valence-electron chi connectivity index (χ0n) is 22.2. The molecule has 0 radical (unpaired) electrons. The Morgan fingerprint density at radius 3 is 2.16 bits per heavy atom. The number of aliphatic hydroxyl groups excluding tert-OH is 1. The van der Waals surface area contributed by atoms with Crippen LogP contribution in [0.25, 0.3) is 5.76 Å². The number of carbonyl (C=O) groups is 2. The Balaban J connectivity index is 1.77. The Hall–Kier alpha value is -3.77. The fraction of sp³-hybridized carbons (Fsp3) is 0.290. The molecular weight excluding hydrogens is 502 g/mol. The van der Waals surface area contributed by atoms with Gasteiger partial charge in [-0.15, -0.1) is 0 Å². The summed E-state index contributed by atoms with van der Waals surface area (Å²) in [6, 6.07) is 19.4. The van der Waals surface area contributed by atoms with Crippen molar-refractivity contribution in [3.63, 3.8) is 0 Å². The topological polar surface area (TPSA) is 76.1 Å². The smallest absolute Gasteiger partial charge is 0.295 e. The van der Waals surface area contributed by atoms with Gasteiger partial charge in [0.15, 0.2) is 0 Å². The van der Waals surface area contributed by atoms with Crippen molar-refractivity contribution in [2.24, 2.45) is 0 Å². The van der Waals surface area contributed by atoms with Gasteiger partial charge in [-0.3, -0.25) is 9.59 Å². The van der Waals surface area contributed by atoms with Gasteiger partial charge in [0.2, 0.25) is 0 Å². The van der Waals surface area contributed by atoms with Crippen LogP contribution in [0.4, 0.5) is 0 Å². The number of carbonyl (C=O) groups excluding carboxylic acids is 2. The lowest BCUT2D eigenvalue weighted by molar-refractivity contribution is -0.139. The van der Waals surface area contributed by atoms with E-state index in [-0.39, 0.29) is 21.8 Å². The van der Waals surface area contributed by atoms with Crippen molar-refractivity contribution in [2.75, 3.05) is 20.8 Å². The summed E-state index contributed by atoms with van der Waals surface area (Å²) in [6.07, 6.45) is 0.530. The third kappa shape index (κ3) is 5.41. The first-order valence-corrected chi connectivity index (χ1v) is 12.8. The number of likely N-dealkylation sites (tertiary alicyclic amines) is 1. The van der Waals surface area contributed by atoms with Crippen molar-refractivity contribution in [2.45, 2.75) is 38.6 Å². The van der Waals surface area contributed by atoms with Crippen LogP contribution in [0.1, 0.15) is 49.1 Å². The summed E-state index contributed by atoms with van der Waals surface area (Å²) < 4.78 is 10.4. The number of Topliss-reactive ketones (excluding diaryl/α,β-unsaturated/α-hetero) is 1. The van der Waals surface area contributed by atoms with Gasteiger partial charge < -0.3 is 19.5 Å². The zero-order chi connectivity index (χ0) is 27.6. The van der Waals surface area contributed by atoms with E-state index in [0.29, 0.717) is 24.3 Å². The molecule has 1 aliphatic heterocycles. The van der Waals surface area contributed by atoms with E-state index in [1.54, 1.807) is 19.2 Å². The average molecular weight is 534 g/mol. The Morgan fingerprint density at radius 2 is 1.61 bits per heavy atom. The van der Waals surface area contributed by atoms with Crippen molar-refractivity contribution in [3.05, 3.63) is 99.6 Å². The minimum absolute atomic E-state index is 0.0365. The maximum Gasteiger partial charge on any atom is 0.295 e.